The zero-order valence-electron chi connectivity index (χ0n) is 11.1. The molecule has 1 heteroatoms. The third kappa shape index (κ3) is 14.0. The van der Waals surface area contributed by atoms with Gasteiger partial charge in [-0.1, -0.05) is 64.7 Å². The lowest BCUT2D eigenvalue weighted by Crippen LogP contribution is -2.79. The van der Waals surface area contributed by atoms with Gasteiger partial charge in [-0.05, 0) is 12.8 Å². The van der Waals surface area contributed by atoms with Gasteiger partial charge in [-0.3, -0.25) is 0 Å². The highest BCUT2D eigenvalue weighted by atomic mass is 14.8. The Labute approximate surface area is 97.0 Å². The molecule has 0 bridgehead atoms. The van der Waals surface area contributed by atoms with E-state index in [0.29, 0.717) is 0 Å². The van der Waals surface area contributed by atoms with Crippen LogP contribution in [-0.4, -0.2) is 13.6 Å². The number of quaternary nitrogens is 1. The summed E-state index contributed by atoms with van der Waals surface area (Å²) in [5.41, 5.74) is 0. The minimum absolute atomic E-state index is 1.32. The molecule has 2 N–H and O–H groups in total. The first-order chi connectivity index (χ1) is 7.41. The van der Waals surface area contributed by atoms with Crippen LogP contribution in [0.1, 0.15) is 77.6 Å². The van der Waals surface area contributed by atoms with Crippen molar-refractivity contribution in [3.63, 3.8) is 0 Å². The standard InChI is InChI=1S/C14H31N/c1-3-4-5-6-7-8-9-10-11-12-13-14-15-2/h15H,3-14H2,1-2H3/p+1. The molecular weight excluding hydrogens is 182 g/mol. The maximum Gasteiger partial charge on any atom is 0.0753 e. The van der Waals surface area contributed by atoms with Crippen LogP contribution < -0.4 is 5.32 Å². The highest BCUT2D eigenvalue weighted by Crippen LogP contribution is 2.10. The lowest BCUT2D eigenvalue weighted by molar-refractivity contribution is -0.627. The van der Waals surface area contributed by atoms with Crippen LogP contribution in [0.2, 0.25) is 0 Å². The minimum Gasteiger partial charge on any atom is -0.349 e. The first-order valence-electron chi connectivity index (χ1n) is 7.19. The monoisotopic (exact) mass is 214 g/mol. The van der Waals surface area contributed by atoms with E-state index in [1.54, 1.807) is 0 Å². The second kappa shape index (κ2) is 14.0. The van der Waals surface area contributed by atoms with Crippen molar-refractivity contribution >= 4 is 0 Å². The van der Waals surface area contributed by atoms with E-state index in [2.05, 4.69) is 19.3 Å². The van der Waals surface area contributed by atoms with Gasteiger partial charge in [0.25, 0.3) is 0 Å². The van der Waals surface area contributed by atoms with Crippen molar-refractivity contribution in [2.45, 2.75) is 77.6 Å². The molecule has 92 valence electrons. The molecular formula is C14H32N+. The molecule has 0 saturated heterocycles. The number of hydrogen-bond donors (Lipinski definition) is 1. The van der Waals surface area contributed by atoms with Crippen LogP contribution in [0, 0.1) is 0 Å². The molecule has 0 aromatic heterocycles. The van der Waals surface area contributed by atoms with Crippen LogP contribution in [0.4, 0.5) is 0 Å². The molecule has 15 heavy (non-hydrogen) atoms. The summed E-state index contributed by atoms with van der Waals surface area (Å²) in [7, 11) is 2.16. The number of hydrogen-bond acceptors (Lipinski definition) is 0. The summed E-state index contributed by atoms with van der Waals surface area (Å²) in [4.78, 5) is 0. The highest BCUT2D eigenvalue weighted by molar-refractivity contribution is 4.47. The van der Waals surface area contributed by atoms with Crippen LogP contribution in [0.25, 0.3) is 0 Å². The molecule has 1 nitrogen and oxygen atoms in total. The van der Waals surface area contributed by atoms with E-state index in [-0.39, 0.29) is 0 Å². The topological polar surface area (TPSA) is 16.6 Å². The molecule has 0 aliphatic rings. The molecule has 0 heterocycles. The van der Waals surface area contributed by atoms with E-state index in [1.165, 1.54) is 77.2 Å². The Balaban J connectivity index is 2.81. The average molecular weight is 214 g/mol. The summed E-state index contributed by atoms with van der Waals surface area (Å²) in [6.45, 7) is 3.60. The van der Waals surface area contributed by atoms with Crippen molar-refractivity contribution in [2.75, 3.05) is 13.6 Å². The summed E-state index contributed by atoms with van der Waals surface area (Å²) >= 11 is 0. The van der Waals surface area contributed by atoms with Crippen molar-refractivity contribution < 1.29 is 5.32 Å². The maximum absolute atomic E-state index is 2.29. The second-order valence-electron chi connectivity index (χ2n) is 4.73. The molecule has 0 unspecified atom stereocenters. The predicted octanol–water partition coefficient (Wildman–Crippen LogP) is 3.49. The van der Waals surface area contributed by atoms with Gasteiger partial charge in [-0.25, -0.2) is 0 Å². The van der Waals surface area contributed by atoms with Crippen LogP contribution in [0.15, 0.2) is 0 Å². The Hall–Kier alpha value is -0.0400. The maximum atomic E-state index is 2.29. The van der Waals surface area contributed by atoms with Gasteiger partial charge in [0, 0.05) is 0 Å². The molecule has 0 aromatic rings. The van der Waals surface area contributed by atoms with Crippen LogP contribution in [0.3, 0.4) is 0 Å². The third-order valence-corrected chi connectivity index (χ3v) is 3.10. The SMILES string of the molecule is CCCCCCCCCCCCC[NH2+]C. The molecule has 0 fully saturated rings. The van der Waals surface area contributed by atoms with E-state index in [9.17, 15) is 0 Å². The lowest BCUT2D eigenvalue weighted by atomic mass is 10.1. The zero-order chi connectivity index (χ0) is 11.2. The van der Waals surface area contributed by atoms with Crippen molar-refractivity contribution in [1.82, 2.24) is 0 Å². The summed E-state index contributed by atoms with van der Waals surface area (Å²) in [6.07, 6.45) is 15.9. The Morgan fingerprint density at radius 2 is 1.00 bits per heavy atom. The summed E-state index contributed by atoms with van der Waals surface area (Å²) < 4.78 is 0. The quantitative estimate of drug-likeness (QED) is 0.479. The first kappa shape index (κ1) is 15.0. The summed E-state index contributed by atoms with van der Waals surface area (Å²) in [5.74, 6) is 0. The first-order valence-corrected chi connectivity index (χ1v) is 7.19. The van der Waals surface area contributed by atoms with Crippen molar-refractivity contribution in [2.24, 2.45) is 0 Å². The Kier molecular flexibility index (Phi) is 13.9. The van der Waals surface area contributed by atoms with Gasteiger partial charge in [0.15, 0.2) is 0 Å². The molecule has 0 radical (unpaired) electrons. The van der Waals surface area contributed by atoms with E-state index in [0.717, 1.165) is 0 Å². The number of rotatable bonds is 12. The molecule has 0 aliphatic heterocycles. The normalized spacial score (nSPS) is 10.8. The van der Waals surface area contributed by atoms with E-state index in [1.807, 2.05) is 0 Å². The fourth-order valence-electron chi connectivity index (χ4n) is 2.01. The van der Waals surface area contributed by atoms with Gasteiger partial charge >= 0.3 is 0 Å². The molecule has 0 saturated carbocycles. The van der Waals surface area contributed by atoms with Crippen molar-refractivity contribution in [3.8, 4) is 0 Å². The molecule has 0 aromatic carbocycles. The molecule has 0 rings (SSSR count). The predicted molar refractivity (Wildman–Crippen MR) is 69.2 cm³/mol. The fourth-order valence-corrected chi connectivity index (χ4v) is 2.01. The lowest BCUT2D eigenvalue weighted by Gasteiger charge is -2.01. The molecule has 0 atom stereocenters. The molecule has 0 spiro atoms. The van der Waals surface area contributed by atoms with Gasteiger partial charge in [0.2, 0.25) is 0 Å². The van der Waals surface area contributed by atoms with Gasteiger partial charge in [-0.15, -0.1) is 0 Å². The van der Waals surface area contributed by atoms with Gasteiger partial charge in [0.05, 0.1) is 13.6 Å². The van der Waals surface area contributed by atoms with Crippen LogP contribution in [-0.2, 0) is 0 Å². The van der Waals surface area contributed by atoms with Crippen molar-refractivity contribution in [1.29, 1.82) is 0 Å². The molecule has 0 amide bonds. The van der Waals surface area contributed by atoms with Gasteiger partial charge in [-0.2, -0.15) is 0 Å². The van der Waals surface area contributed by atoms with Crippen LogP contribution >= 0.6 is 0 Å². The van der Waals surface area contributed by atoms with Gasteiger partial charge in [0.1, 0.15) is 0 Å². The Bertz CT molecular complexity index is 89.5. The Morgan fingerprint density at radius 1 is 0.600 bits per heavy atom. The summed E-state index contributed by atoms with van der Waals surface area (Å²) in [5, 5.41) is 2.29. The van der Waals surface area contributed by atoms with E-state index in [4.69, 9.17) is 0 Å². The third-order valence-electron chi connectivity index (χ3n) is 3.10. The van der Waals surface area contributed by atoms with Crippen molar-refractivity contribution in [3.05, 3.63) is 0 Å². The zero-order valence-corrected chi connectivity index (χ0v) is 11.1. The van der Waals surface area contributed by atoms with Crippen LogP contribution in [0.5, 0.6) is 0 Å². The summed E-state index contributed by atoms with van der Waals surface area (Å²) in [6, 6.07) is 0. The number of unbranched alkanes of at least 4 members (excludes halogenated alkanes) is 10. The highest BCUT2D eigenvalue weighted by Gasteiger charge is 1.92. The average Bonchev–Trinajstić information content (AvgIpc) is 2.26. The van der Waals surface area contributed by atoms with E-state index < -0.39 is 0 Å². The largest absolute Gasteiger partial charge is 0.349 e. The van der Waals surface area contributed by atoms with E-state index >= 15 is 0 Å². The minimum atomic E-state index is 1.32. The second-order valence-corrected chi connectivity index (χ2v) is 4.73. The smallest absolute Gasteiger partial charge is 0.0753 e. The van der Waals surface area contributed by atoms with Gasteiger partial charge < -0.3 is 5.32 Å². The molecule has 0 aliphatic carbocycles. The fraction of sp³-hybridized carbons (Fsp3) is 1.00. The number of nitrogens with two attached hydrogens (primary N) is 1. The Morgan fingerprint density at radius 3 is 1.40 bits per heavy atom.